The van der Waals surface area contributed by atoms with Crippen molar-refractivity contribution >= 4 is 49.0 Å². The van der Waals surface area contributed by atoms with Gasteiger partial charge in [0.15, 0.2) is 5.01 Å². The molecule has 2 aromatic carbocycles. The van der Waals surface area contributed by atoms with Crippen LogP contribution in [0.25, 0.3) is 20.4 Å². The zero-order valence-corrected chi connectivity index (χ0v) is 17.5. The lowest BCUT2D eigenvalue weighted by Gasteiger charge is -2.31. The molecule has 1 aliphatic heterocycles. The van der Waals surface area contributed by atoms with E-state index in [1.54, 1.807) is 7.11 Å². The van der Waals surface area contributed by atoms with Crippen LogP contribution in [-0.2, 0) is 0 Å². The molecule has 0 spiro atoms. The summed E-state index contributed by atoms with van der Waals surface area (Å²) in [5.74, 6) is 0.825. The van der Waals surface area contributed by atoms with E-state index in [1.165, 1.54) is 22.7 Å². The second-order valence-electron chi connectivity index (χ2n) is 6.91. The van der Waals surface area contributed by atoms with E-state index < -0.39 is 0 Å². The molecule has 6 nitrogen and oxygen atoms in total. The molecule has 1 saturated heterocycles. The number of hydrogen-bond acceptors (Lipinski definition) is 7. The fraction of sp³-hybridized carbons (Fsp3) is 0.286. The predicted molar refractivity (Wildman–Crippen MR) is 115 cm³/mol. The zero-order valence-electron chi connectivity index (χ0n) is 15.8. The second-order valence-corrected chi connectivity index (χ2v) is 8.93. The van der Waals surface area contributed by atoms with Crippen LogP contribution in [0.2, 0.25) is 0 Å². The number of methoxy groups -OCH3 is 1. The summed E-state index contributed by atoms with van der Waals surface area (Å²) in [7, 11) is 1.66. The number of aromatic nitrogens is 2. The van der Waals surface area contributed by atoms with Gasteiger partial charge in [0.1, 0.15) is 11.9 Å². The molecule has 0 bridgehead atoms. The monoisotopic (exact) mass is 425 g/mol. The molecule has 2 aromatic heterocycles. The number of rotatable bonds is 4. The molecular formula is C21H19N3O3S2. The van der Waals surface area contributed by atoms with E-state index in [4.69, 9.17) is 9.47 Å². The van der Waals surface area contributed by atoms with Crippen molar-refractivity contribution in [2.45, 2.75) is 18.9 Å². The Kier molecular flexibility index (Phi) is 4.81. The number of carbonyl (C=O) groups excluding carboxylic acids is 1. The van der Waals surface area contributed by atoms with Crippen molar-refractivity contribution in [3.8, 4) is 10.9 Å². The van der Waals surface area contributed by atoms with E-state index in [9.17, 15) is 4.79 Å². The molecule has 0 unspecified atom stereocenters. The minimum Gasteiger partial charge on any atom is -0.497 e. The van der Waals surface area contributed by atoms with Gasteiger partial charge in [-0.15, -0.1) is 11.3 Å². The summed E-state index contributed by atoms with van der Waals surface area (Å²) in [4.78, 5) is 23.7. The average molecular weight is 426 g/mol. The molecule has 3 heterocycles. The number of piperidine rings is 1. The summed E-state index contributed by atoms with van der Waals surface area (Å²) < 4.78 is 13.5. The Morgan fingerprint density at radius 3 is 2.62 bits per heavy atom. The molecule has 8 heteroatoms. The highest BCUT2D eigenvalue weighted by molar-refractivity contribution is 7.20. The number of nitrogens with zero attached hydrogens (tertiary/aromatic N) is 3. The number of para-hydroxylation sites is 1. The maximum Gasteiger partial charge on any atom is 0.282 e. The summed E-state index contributed by atoms with van der Waals surface area (Å²) in [6.07, 6.45) is 1.64. The molecular weight excluding hydrogens is 406 g/mol. The first kappa shape index (κ1) is 18.3. The summed E-state index contributed by atoms with van der Waals surface area (Å²) in [5, 5.41) is 1.23. The lowest BCUT2D eigenvalue weighted by molar-refractivity contribution is 0.0595. The van der Waals surface area contributed by atoms with Gasteiger partial charge in [-0.05, 0) is 30.3 Å². The Morgan fingerprint density at radius 2 is 1.83 bits per heavy atom. The number of hydrogen-bond donors (Lipinski definition) is 0. The van der Waals surface area contributed by atoms with Gasteiger partial charge in [-0.2, -0.15) is 0 Å². The van der Waals surface area contributed by atoms with Crippen molar-refractivity contribution in [1.29, 1.82) is 0 Å². The van der Waals surface area contributed by atoms with Gasteiger partial charge in [-0.1, -0.05) is 23.5 Å². The van der Waals surface area contributed by atoms with E-state index in [0.717, 1.165) is 39.0 Å². The highest BCUT2D eigenvalue weighted by atomic mass is 32.1. The Labute approximate surface area is 175 Å². The second kappa shape index (κ2) is 7.61. The molecule has 5 rings (SSSR count). The molecule has 1 fully saturated rings. The molecule has 0 aliphatic carbocycles. The molecule has 29 heavy (non-hydrogen) atoms. The third-order valence-corrected chi connectivity index (χ3v) is 6.98. The SMILES string of the molecule is COc1ccc2nc(OC3CCN(C(=O)c4nc5ccccc5s4)CC3)sc2c1. The number of ether oxygens (including phenoxy) is 2. The van der Waals surface area contributed by atoms with Crippen LogP contribution >= 0.6 is 22.7 Å². The average Bonchev–Trinajstić information content (AvgIpc) is 3.36. The van der Waals surface area contributed by atoms with E-state index in [2.05, 4.69) is 9.97 Å². The number of fused-ring (bicyclic) bond motifs is 2. The zero-order chi connectivity index (χ0) is 19.8. The Balaban J connectivity index is 1.22. The standard InChI is InChI=1S/C21H19N3O3S2/c1-26-14-6-7-16-18(12-14)29-21(23-16)27-13-8-10-24(11-9-13)20(25)19-22-15-4-2-3-5-17(15)28-19/h2-7,12-13H,8-11H2,1H3. The normalized spacial score (nSPS) is 15.1. The van der Waals surface area contributed by atoms with E-state index >= 15 is 0 Å². The topological polar surface area (TPSA) is 64.6 Å². The van der Waals surface area contributed by atoms with Crippen LogP contribution in [0.4, 0.5) is 0 Å². The summed E-state index contributed by atoms with van der Waals surface area (Å²) >= 11 is 2.98. The van der Waals surface area contributed by atoms with Crippen molar-refractivity contribution in [3.63, 3.8) is 0 Å². The highest BCUT2D eigenvalue weighted by Gasteiger charge is 2.27. The molecule has 1 aliphatic rings. The number of likely N-dealkylation sites (tertiary alicyclic amines) is 1. The largest absolute Gasteiger partial charge is 0.497 e. The number of thiazole rings is 2. The molecule has 148 valence electrons. The van der Waals surface area contributed by atoms with Crippen LogP contribution in [0.3, 0.4) is 0 Å². The third kappa shape index (κ3) is 3.65. The fourth-order valence-electron chi connectivity index (χ4n) is 3.48. The van der Waals surface area contributed by atoms with Crippen LogP contribution in [-0.4, -0.2) is 47.1 Å². The lowest BCUT2D eigenvalue weighted by Crippen LogP contribution is -2.41. The van der Waals surface area contributed by atoms with Gasteiger partial charge in [-0.3, -0.25) is 4.79 Å². The van der Waals surface area contributed by atoms with Crippen LogP contribution in [0.5, 0.6) is 10.9 Å². The van der Waals surface area contributed by atoms with Gasteiger partial charge in [0.2, 0.25) is 0 Å². The fourth-order valence-corrected chi connectivity index (χ4v) is 5.32. The van der Waals surface area contributed by atoms with Gasteiger partial charge in [-0.25, -0.2) is 9.97 Å². The molecule has 0 saturated carbocycles. The Morgan fingerprint density at radius 1 is 1.03 bits per heavy atom. The van der Waals surface area contributed by atoms with E-state index in [-0.39, 0.29) is 12.0 Å². The van der Waals surface area contributed by atoms with Crippen molar-refractivity contribution in [2.24, 2.45) is 0 Å². The number of carbonyl (C=O) groups is 1. The quantitative estimate of drug-likeness (QED) is 0.478. The van der Waals surface area contributed by atoms with Gasteiger partial charge >= 0.3 is 0 Å². The minimum atomic E-state index is 0.0109. The number of benzene rings is 2. The molecule has 0 N–H and O–H groups in total. The van der Waals surface area contributed by atoms with Gasteiger partial charge in [0, 0.05) is 25.9 Å². The highest BCUT2D eigenvalue weighted by Crippen LogP contribution is 2.32. The molecule has 4 aromatic rings. The van der Waals surface area contributed by atoms with Crippen molar-refractivity contribution in [1.82, 2.24) is 14.9 Å². The minimum absolute atomic E-state index is 0.0109. The predicted octanol–water partition coefficient (Wildman–Crippen LogP) is 4.60. The van der Waals surface area contributed by atoms with E-state index in [0.29, 0.717) is 23.3 Å². The smallest absolute Gasteiger partial charge is 0.282 e. The van der Waals surface area contributed by atoms with Crippen LogP contribution in [0, 0.1) is 0 Å². The van der Waals surface area contributed by atoms with Gasteiger partial charge in [0.05, 0.1) is 27.5 Å². The third-order valence-electron chi connectivity index (χ3n) is 5.05. The number of amides is 1. The first-order valence-electron chi connectivity index (χ1n) is 9.46. The van der Waals surface area contributed by atoms with Crippen molar-refractivity contribution in [2.75, 3.05) is 20.2 Å². The maximum absolute atomic E-state index is 12.8. The first-order chi connectivity index (χ1) is 14.2. The summed E-state index contributed by atoms with van der Waals surface area (Å²) in [6, 6.07) is 13.7. The first-order valence-corrected chi connectivity index (χ1v) is 11.1. The Hall–Kier alpha value is -2.71. The van der Waals surface area contributed by atoms with Crippen molar-refractivity contribution < 1.29 is 14.3 Å². The van der Waals surface area contributed by atoms with Gasteiger partial charge in [0.25, 0.3) is 11.1 Å². The molecule has 1 amide bonds. The lowest BCUT2D eigenvalue weighted by atomic mass is 10.1. The van der Waals surface area contributed by atoms with Crippen LogP contribution in [0.1, 0.15) is 22.6 Å². The van der Waals surface area contributed by atoms with Crippen molar-refractivity contribution in [3.05, 3.63) is 47.5 Å². The summed E-state index contributed by atoms with van der Waals surface area (Å²) in [5.41, 5.74) is 1.79. The molecule has 0 atom stereocenters. The Bertz CT molecular complexity index is 1150. The summed E-state index contributed by atoms with van der Waals surface area (Å²) in [6.45, 7) is 1.33. The van der Waals surface area contributed by atoms with E-state index in [1.807, 2.05) is 47.4 Å². The maximum atomic E-state index is 12.8. The molecule has 0 radical (unpaired) electrons. The van der Waals surface area contributed by atoms with Gasteiger partial charge < -0.3 is 14.4 Å². The van der Waals surface area contributed by atoms with Crippen LogP contribution < -0.4 is 9.47 Å². The van der Waals surface area contributed by atoms with Crippen LogP contribution in [0.15, 0.2) is 42.5 Å².